The van der Waals surface area contributed by atoms with Crippen LogP contribution in [0.15, 0.2) is 37.1 Å². The molecule has 2 atom stereocenters. The molecule has 3 heterocycles. The maximum Gasteiger partial charge on any atom is 0.240 e. The van der Waals surface area contributed by atoms with Crippen LogP contribution in [0.5, 0.6) is 0 Å². The van der Waals surface area contributed by atoms with Crippen LogP contribution in [0.2, 0.25) is 0 Å². The summed E-state index contributed by atoms with van der Waals surface area (Å²) in [4.78, 5) is 16.3. The average molecular weight is 317 g/mol. The molecule has 3 rings (SSSR count). The fourth-order valence-corrected chi connectivity index (χ4v) is 2.45. The SMILES string of the molecule is O=C(Cn1cnnc1)NC1COCCC1OCc1ccccn1. The first kappa shape index (κ1) is 15.6. The standard InChI is InChI=1S/C15H19N5O3/c21-15(7-20-10-17-18-11-20)19-13-9-22-6-4-14(13)23-8-12-3-1-2-5-16-12/h1-3,5,10-11,13-14H,4,6-9H2,(H,19,21). The van der Waals surface area contributed by atoms with Crippen molar-refractivity contribution in [3.8, 4) is 0 Å². The lowest BCUT2D eigenvalue weighted by Crippen LogP contribution is -2.51. The van der Waals surface area contributed by atoms with Crippen LogP contribution < -0.4 is 5.32 Å². The Kier molecular flexibility index (Phi) is 5.28. The number of carbonyl (C=O) groups excluding carboxylic acids is 1. The van der Waals surface area contributed by atoms with Gasteiger partial charge in [-0.1, -0.05) is 6.07 Å². The van der Waals surface area contributed by atoms with Crippen molar-refractivity contribution in [2.24, 2.45) is 0 Å². The Morgan fingerprint density at radius 1 is 1.39 bits per heavy atom. The van der Waals surface area contributed by atoms with Gasteiger partial charge in [0.15, 0.2) is 0 Å². The first-order valence-corrected chi connectivity index (χ1v) is 7.52. The highest BCUT2D eigenvalue weighted by Gasteiger charge is 2.28. The number of ether oxygens (including phenoxy) is 2. The number of nitrogens with zero attached hydrogens (tertiary/aromatic N) is 4. The van der Waals surface area contributed by atoms with E-state index < -0.39 is 0 Å². The first-order chi connectivity index (χ1) is 11.3. The fraction of sp³-hybridized carbons (Fsp3) is 0.467. The van der Waals surface area contributed by atoms with Crippen molar-refractivity contribution in [2.45, 2.75) is 31.7 Å². The van der Waals surface area contributed by atoms with Gasteiger partial charge in [0.25, 0.3) is 0 Å². The molecule has 122 valence electrons. The van der Waals surface area contributed by atoms with E-state index in [0.717, 1.165) is 12.1 Å². The molecule has 2 aromatic heterocycles. The molecule has 23 heavy (non-hydrogen) atoms. The molecule has 1 aliphatic rings. The summed E-state index contributed by atoms with van der Waals surface area (Å²) in [6.45, 7) is 1.67. The maximum absolute atomic E-state index is 12.1. The van der Waals surface area contributed by atoms with Crippen molar-refractivity contribution in [3.05, 3.63) is 42.7 Å². The zero-order valence-electron chi connectivity index (χ0n) is 12.7. The Labute approximate surface area is 133 Å². The molecule has 0 aromatic carbocycles. The molecule has 0 radical (unpaired) electrons. The van der Waals surface area contributed by atoms with Gasteiger partial charge in [-0.15, -0.1) is 10.2 Å². The second-order valence-electron chi connectivity index (χ2n) is 5.34. The summed E-state index contributed by atoms with van der Waals surface area (Å²) < 4.78 is 13.0. The van der Waals surface area contributed by atoms with E-state index in [0.29, 0.717) is 19.8 Å². The molecular weight excluding hydrogens is 298 g/mol. The number of amides is 1. The number of pyridine rings is 1. The summed E-state index contributed by atoms with van der Waals surface area (Å²) in [7, 11) is 0. The van der Waals surface area contributed by atoms with Crippen LogP contribution in [0.25, 0.3) is 0 Å². The van der Waals surface area contributed by atoms with Gasteiger partial charge in [-0.3, -0.25) is 9.78 Å². The van der Waals surface area contributed by atoms with Crippen LogP contribution in [0.4, 0.5) is 0 Å². The van der Waals surface area contributed by atoms with E-state index >= 15 is 0 Å². The molecule has 8 nitrogen and oxygen atoms in total. The molecule has 0 spiro atoms. The summed E-state index contributed by atoms with van der Waals surface area (Å²) in [6, 6.07) is 5.54. The van der Waals surface area contributed by atoms with Crippen LogP contribution >= 0.6 is 0 Å². The molecule has 8 heteroatoms. The summed E-state index contributed by atoms with van der Waals surface area (Å²) in [6.07, 6.45) is 5.40. The van der Waals surface area contributed by atoms with Crippen molar-refractivity contribution in [1.29, 1.82) is 0 Å². The van der Waals surface area contributed by atoms with Crippen molar-refractivity contribution in [3.63, 3.8) is 0 Å². The fourth-order valence-electron chi connectivity index (χ4n) is 2.45. The summed E-state index contributed by atoms with van der Waals surface area (Å²) in [5.41, 5.74) is 0.869. The van der Waals surface area contributed by atoms with Gasteiger partial charge in [-0.05, 0) is 18.6 Å². The molecule has 1 amide bonds. The summed E-state index contributed by atoms with van der Waals surface area (Å²) in [5, 5.41) is 10.3. The minimum atomic E-state index is -0.170. The summed E-state index contributed by atoms with van der Waals surface area (Å²) in [5.74, 6) is -0.119. The van der Waals surface area contributed by atoms with Gasteiger partial charge in [-0.2, -0.15) is 0 Å². The lowest BCUT2D eigenvalue weighted by molar-refractivity contribution is -0.127. The van der Waals surface area contributed by atoms with Crippen LogP contribution in [0, 0.1) is 0 Å². The Balaban J connectivity index is 1.52. The number of hydrogen-bond donors (Lipinski definition) is 1. The van der Waals surface area contributed by atoms with Gasteiger partial charge in [0, 0.05) is 12.8 Å². The van der Waals surface area contributed by atoms with Crippen molar-refractivity contribution in [2.75, 3.05) is 13.2 Å². The van der Waals surface area contributed by atoms with Crippen molar-refractivity contribution in [1.82, 2.24) is 25.1 Å². The first-order valence-electron chi connectivity index (χ1n) is 7.52. The second kappa shape index (κ2) is 7.80. The molecule has 0 aliphatic carbocycles. The third kappa shape index (κ3) is 4.57. The molecule has 0 bridgehead atoms. The van der Waals surface area contributed by atoms with Gasteiger partial charge >= 0.3 is 0 Å². The van der Waals surface area contributed by atoms with Gasteiger partial charge in [-0.25, -0.2) is 0 Å². The number of rotatable bonds is 6. The largest absolute Gasteiger partial charge is 0.379 e. The lowest BCUT2D eigenvalue weighted by atomic mass is 10.1. The number of hydrogen-bond acceptors (Lipinski definition) is 6. The molecule has 1 aliphatic heterocycles. The zero-order valence-corrected chi connectivity index (χ0v) is 12.7. The Hall–Kier alpha value is -2.32. The second-order valence-corrected chi connectivity index (χ2v) is 5.34. The topological polar surface area (TPSA) is 91.2 Å². The highest BCUT2D eigenvalue weighted by Crippen LogP contribution is 2.14. The van der Waals surface area contributed by atoms with E-state index in [4.69, 9.17) is 9.47 Å². The third-order valence-corrected chi connectivity index (χ3v) is 3.60. The van der Waals surface area contributed by atoms with Gasteiger partial charge in [0.05, 0.1) is 31.1 Å². The highest BCUT2D eigenvalue weighted by molar-refractivity contribution is 5.76. The smallest absolute Gasteiger partial charge is 0.240 e. The molecule has 1 N–H and O–H groups in total. The number of aromatic nitrogens is 4. The quantitative estimate of drug-likeness (QED) is 0.816. The highest BCUT2D eigenvalue weighted by atomic mass is 16.5. The van der Waals surface area contributed by atoms with E-state index in [2.05, 4.69) is 20.5 Å². The molecule has 1 saturated heterocycles. The van der Waals surface area contributed by atoms with Crippen molar-refractivity contribution >= 4 is 5.91 Å². The minimum Gasteiger partial charge on any atom is -0.379 e. The van der Waals surface area contributed by atoms with Gasteiger partial charge < -0.3 is 19.4 Å². The predicted octanol–water partition coefficient (Wildman–Crippen LogP) is 0.164. The van der Waals surface area contributed by atoms with Crippen LogP contribution in [0.1, 0.15) is 12.1 Å². The Bertz CT molecular complexity index is 605. The molecular formula is C15H19N5O3. The minimum absolute atomic E-state index is 0.0874. The molecule has 1 fully saturated rings. The van der Waals surface area contributed by atoms with Crippen LogP contribution in [0.3, 0.4) is 0 Å². The summed E-state index contributed by atoms with van der Waals surface area (Å²) >= 11 is 0. The average Bonchev–Trinajstić information content (AvgIpc) is 3.08. The molecule has 2 aromatic rings. The van der Waals surface area contributed by atoms with Crippen LogP contribution in [-0.4, -0.2) is 51.0 Å². The van der Waals surface area contributed by atoms with Gasteiger partial charge in [0.1, 0.15) is 19.2 Å². The van der Waals surface area contributed by atoms with Gasteiger partial charge in [0.2, 0.25) is 5.91 Å². The Morgan fingerprint density at radius 2 is 2.26 bits per heavy atom. The van der Waals surface area contributed by atoms with E-state index in [-0.39, 0.29) is 24.6 Å². The monoisotopic (exact) mass is 317 g/mol. The number of carbonyl (C=O) groups is 1. The number of nitrogens with one attached hydrogen (secondary N) is 1. The zero-order chi connectivity index (χ0) is 15.9. The van der Waals surface area contributed by atoms with E-state index in [1.807, 2.05) is 18.2 Å². The van der Waals surface area contributed by atoms with E-state index in [1.54, 1.807) is 10.8 Å². The maximum atomic E-state index is 12.1. The third-order valence-electron chi connectivity index (χ3n) is 3.60. The van der Waals surface area contributed by atoms with Crippen molar-refractivity contribution < 1.29 is 14.3 Å². The van der Waals surface area contributed by atoms with Crippen LogP contribution in [-0.2, 0) is 27.4 Å². The normalized spacial score (nSPS) is 21.0. The van der Waals surface area contributed by atoms with E-state index in [9.17, 15) is 4.79 Å². The lowest BCUT2D eigenvalue weighted by Gasteiger charge is -2.32. The van der Waals surface area contributed by atoms with E-state index in [1.165, 1.54) is 12.7 Å². The molecule has 0 saturated carbocycles. The molecule has 2 unspecified atom stereocenters. The predicted molar refractivity (Wildman–Crippen MR) is 80.2 cm³/mol. The Morgan fingerprint density at radius 3 is 3.04 bits per heavy atom.